The zero-order valence-electron chi connectivity index (χ0n) is 14.6. The second kappa shape index (κ2) is 10.3. The minimum atomic E-state index is -0.200. The molecule has 1 unspecified atom stereocenters. The Morgan fingerprint density at radius 3 is 2.43 bits per heavy atom. The number of ether oxygens (including phenoxy) is 1. The summed E-state index contributed by atoms with van der Waals surface area (Å²) in [7, 11) is 0. The number of hydrogen-bond acceptors (Lipinski definition) is 3. The summed E-state index contributed by atoms with van der Waals surface area (Å²) >= 11 is 0. The van der Waals surface area contributed by atoms with E-state index in [-0.39, 0.29) is 36.0 Å². The SMILES string of the molecule is CCNC(=NCC(C)C)N1CCN(C(=O)C2CCCO2)CC1.I. The molecule has 134 valence electrons. The molecule has 1 N–H and O–H groups in total. The lowest BCUT2D eigenvalue weighted by Gasteiger charge is -2.37. The largest absolute Gasteiger partial charge is 0.368 e. The normalized spacial score (nSPS) is 22.3. The maximum Gasteiger partial charge on any atom is 0.251 e. The smallest absolute Gasteiger partial charge is 0.251 e. The molecule has 2 aliphatic rings. The molecule has 0 aromatic rings. The number of carbonyl (C=O) groups excluding carboxylic acids is 1. The van der Waals surface area contributed by atoms with Crippen molar-refractivity contribution in [2.45, 2.75) is 39.7 Å². The Morgan fingerprint density at radius 1 is 1.26 bits per heavy atom. The maximum atomic E-state index is 12.4. The van der Waals surface area contributed by atoms with Crippen LogP contribution in [-0.4, -0.2) is 73.6 Å². The van der Waals surface area contributed by atoms with Crippen molar-refractivity contribution >= 4 is 35.8 Å². The highest BCUT2D eigenvalue weighted by atomic mass is 127. The van der Waals surface area contributed by atoms with Crippen molar-refractivity contribution in [3.05, 3.63) is 0 Å². The molecular formula is C16H31IN4O2. The van der Waals surface area contributed by atoms with Crippen molar-refractivity contribution in [1.82, 2.24) is 15.1 Å². The third-order valence-electron chi connectivity index (χ3n) is 4.04. The fourth-order valence-corrected chi connectivity index (χ4v) is 2.81. The van der Waals surface area contributed by atoms with Crippen LogP contribution >= 0.6 is 24.0 Å². The third-order valence-corrected chi connectivity index (χ3v) is 4.04. The number of nitrogens with one attached hydrogen (secondary N) is 1. The summed E-state index contributed by atoms with van der Waals surface area (Å²) in [5, 5.41) is 3.35. The molecule has 2 fully saturated rings. The minimum Gasteiger partial charge on any atom is -0.368 e. The van der Waals surface area contributed by atoms with Gasteiger partial charge in [-0.25, -0.2) is 0 Å². The first-order valence-electron chi connectivity index (χ1n) is 8.55. The van der Waals surface area contributed by atoms with E-state index in [4.69, 9.17) is 4.74 Å². The van der Waals surface area contributed by atoms with Gasteiger partial charge in [-0.3, -0.25) is 9.79 Å². The Labute approximate surface area is 157 Å². The zero-order valence-corrected chi connectivity index (χ0v) is 16.9. The van der Waals surface area contributed by atoms with Gasteiger partial charge in [0.1, 0.15) is 6.10 Å². The van der Waals surface area contributed by atoms with Crippen LogP contribution in [0.15, 0.2) is 4.99 Å². The molecule has 0 aromatic carbocycles. The fraction of sp³-hybridized carbons (Fsp3) is 0.875. The van der Waals surface area contributed by atoms with Gasteiger partial charge in [-0.15, -0.1) is 24.0 Å². The predicted octanol–water partition coefficient (Wildman–Crippen LogP) is 1.55. The summed E-state index contributed by atoms with van der Waals surface area (Å²) in [6, 6.07) is 0. The second-order valence-electron chi connectivity index (χ2n) is 6.40. The van der Waals surface area contributed by atoms with E-state index in [1.807, 2.05) is 4.90 Å². The number of carbonyl (C=O) groups is 1. The monoisotopic (exact) mass is 438 g/mol. The molecule has 2 heterocycles. The van der Waals surface area contributed by atoms with E-state index < -0.39 is 0 Å². The number of hydrogen-bond donors (Lipinski definition) is 1. The van der Waals surface area contributed by atoms with Crippen LogP contribution in [0.1, 0.15) is 33.6 Å². The highest BCUT2D eigenvalue weighted by molar-refractivity contribution is 14.0. The van der Waals surface area contributed by atoms with E-state index in [1.54, 1.807) is 0 Å². The number of aliphatic imine (C=N–C) groups is 1. The van der Waals surface area contributed by atoms with Crippen LogP contribution in [0.2, 0.25) is 0 Å². The summed E-state index contributed by atoms with van der Waals surface area (Å²) in [6.07, 6.45) is 1.68. The van der Waals surface area contributed by atoms with Crippen LogP contribution < -0.4 is 5.32 Å². The van der Waals surface area contributed by atoms with Crippen molar-refractivity contribution < 1.29 is 9.53 Å². The van der Waals surface area contributed by atoms with Gasteiger partial charge in [0.2, 0.25) is 0 Å². The number of rotatable bonds is 4. The van der Waals surface area contributed by atoms with Crippen molar-refractivity contribution in [3.63, 3.8) is 0 Å². The fourth-order valence-electron chi connectivity index (χ4n) is 2.81. The lowest BCUT2D eigenvalue weighted by Crippen LogP contribution is -2.55. The standard InChI is InChI=1S/C16H30N4O2.HI/c1-4-17-16(18-12-13(2)3)20-9-7-19(8-10-20)15(21)14-6-5-11-22-14;/h13-14H,4-12H2,1-3H3,(H,17,18);1H. The van der Waals surface area contributed by atoms with Crippen LogP contribution in [0.4, 0.5) is 0 Å². The Morgan fingerprint density at radius 2 is 1.91 bits per heavy atom. The predicted molar refractivity (Wildman–Crippen MR) is 103 cm³/mol. The molecule has 2 saturated heterocycles. The molecule has 6 nitrogen and oxygen atoms in total. The van der Waals surface area contributed by atoms with Gasteiger partial charge >= 0.3 is 0 Å². The molecule has 0 aliphatic carbocycles. The quantitative estimate of drug-likeness (QED) is 0.411. The summed E-state index contributed by atoms with van der Waals surface area (Å²) in [6.45, 7) is 12.0. The molecule has 1 amide bonds. The molecule has 0 radical (unpaired) electrons. The first-order valence-corrected chi connectivity index (χ1v) is 8.55. The second-order valence-corrected chi connectivity index (χ2v) is 6.40. The number of amides is 1. The zero-order chi connectivity index (χ0) is 15.9. The van der Waals surface area contributed by atoms with Gasteiger partial charge in [-0.2, -0.15) is 0 Å². The van der Waals surface area contributed by atoms with Crippen LogP contribution in [0.5, 0.6) is 0 Å². The van der Waals surface area contributed by atoms with Crippen molar-refractivity contribution in [1.29, 1.82) is 0 Å². The van der Waals surface area contributed by atoms with E-state index in [0.29, 0.717) is 5.92 Å². The number of halogens is 1. The molecule has 1 atom stereocenters. The van der Waals surface area contributed by atoms with E-state index in [1.165, 1.54) is 0 Å². The Bertz CT molecular complexity index is 390. The van der Waals surface area contributed by atoms with E-state index in [9.17, 15) is 4.79 Å². The Hall–Kier alpha value is -0.570. The highest BCUT2D eigenvalue weighted by Gasteiger charge is 2.30. The third kappa shape index (κ3) is 6.10. The number of nitrogens with zero attached hydrogens (tertiary/aromatic N) is 3. The first-order chi connectivity index (χ1) is 10.6. The van der Waals surface area contributed by atoms with Crippen molar-refractivity contribution in [2.24, 2.45) is 10.9 Å². The molecule has 23 heavy (non-hydrogen) atoms. The Kier molecular flexibility index (Phi) is 9.19. The Balaban J connectivity index is 0.00000264. The molecule has 0 spiro atoms. The summed E-state index contributed by atoms with van der Waals surface area (Å²) < 4.78 is 5.50. The molecule has 0 bridgehead atoms. The number of piperazine rings is 1. The lowest BCUT2D eigenvalue weighted by molar-refractivity contribution is -0.142. The van der Waals surface area contributed by atoms with Crippen molar-refractivity contribution in [3.8, 4) is 0 Å². The summed E-state index contributed by atoms with van der Waals surface area (Å²) in [5.74, 6) is 1.69. The van der Waals surface area contributed by atoms with Gasteiger partial charge in [0.25, 0.3) is 5.91 Å². The molecule has 7 heteroatoms. The topological polar surface area (TPSA) is 57.2 Å². The van der Waals surface area contributed by atoms with E-state index >= 15 is 0 Å². The van der Waals surface area contributed by atoms with Crippen LogP contribution in [0.3, 0.4) is 0 Å². The van der Waals surface area contributed by atoms with Crippen LogP contribution in [0.25, 0.3) is 0 Å². The molecule has 2 rings (SSSR count). The molecular weight excluding hydrogens is 407 g/mol. The van der Waals surface area contributed by atoms with Gasteiger partial charge in [-0.1, -0.05) is 13.8 Å². The van der Waals surface area contributed by atoms with Gasteiger partial charge in [0, 0.05) is 45.9 Å². The summed E-state index contributed by atoms with van der Waals surface area (Å²) in [5.41, 5.74) is 0. The van der Waals surface area contributed by atoms with Gasteiger partial charge in [-0.05, 0) is 25.7 Å². The molecule has 2 aliphatic heterocycles. The van der Waals surface area contributed by atoms with E-state index in [2.05, 4.69) is 36.0 Å². The maximum absolute atomic E-state index is 12.4. The van der Waals surface area contributed by atoms with Crippen LogP contribution in [0, 0.1) is 5.92 Å². The average molecular weight is 438 g/mol. The van der Waals surface area contributed by atoms with Gasteiger partial charge in [0.15, 0.2) is 5.96 Å². The lowest BCUT2D eigenvalue weighted by atomic mass is 10.2. The first kappa shape index (κ1) is 20.5. The summed E-state index contributed by atoms with van der Waals surface area (Å²) in [4.78, 5) is 21.2. The van der Waals surface area contributed by atoms with Gasteiger partial charge in [0.05, 0.1) is 0 Å². The highest BCUT2D eigenvalue weighted by Crippen LogP contribution is 2.16. The average Bonchev–Trinajstić information content (AvgIpc) is 3.05. The van der Waals surface area contributed by atoms with E-state index in [0.717, 1.165) is 64.7 Å². The van der Waals surface area contributed by atoms with Gasteiger partial charge < -0.3 is 19.9 Å². The molecule has 0 saturated carbocycles. The minimum absolute atomic E-state index is 0. The van der Waals surface area contributed by atoms with Crippen LogP contribution in [-0.2, 0) is 9.53 Å². The molecule has 0 aromatic heterocycles. The van der Waals surface area contributed by atoms with Crippen molar-refractivity contribution in [2.75, 3.05) is 45.9 Å². The number of guanidine groups is 1.